The van der Waals surface area contributed by atoms with Gasteiger partial charge in [-0.3, -0.25) is 4.79 Å². The molecule has 0 saturated carbocycles. The van der Waals surface area contributed by atoms with E-state index in [2.05, 4.69) is 14.8 Å². The highest BCUT2D eigenvalue weighted by atomic mass is 19.1. The van der Waals surface area contributed by atoms with Crippen molar-refractivity contribution in [3.8, 4) is 17.0 Å². The van der Waals surface area contributed by atoms with Crippen LogP contribution in [0.5, 0.6) is 5.75 Å². The van der Waals surface area contributed by atoms with Crippen LogP contribution in [0.25, 0.3) is 22.2 Å². The highest BCUT2D eigenvalue weighted by Gasteiger charge is 2.42. The maximum atomic E-state index is 14.7. The Balaban J connectivity index is 1.43. The fourth-order valence-corrected chi connectivity index (χ4v) is 5.44. The van der Waals surface area contributed by atoms with Gasteiger partial charge in [0.05, 0.1) is 24.2 Å². The van der Waals surface area contributed by atoms with Gasteiger partial charge in [0.1, 0.15) is 5.82 Å². The van der Waals surface area contributed by atoms with Crippen molar-refractivity contribution in [1.29, 1.82) is 0 Å². The second-order valence-corrected chi connectivity index (χ2v) is 9.60. The van der Waals surface area contributed by atoms with Crippen molar-refractivity contribution in [2.45, 2.75) is 12.8 Å². The summed E-state index contributed by atoms with van der Waals surface area (Å²) < 4.78 is 20.0. The summed E-state index contributed by atoms with van der Waals surface area (Å²) in [6.07, 6.45) is 4.05. The number of anilines is 2. The molecule has 0 spiro atoms. The molecular weight excluding hydrogens is 433 g/mol. The second-order valence-electron chi connectivity index (χ2n) is 9.60. The molecule has 2 unspecified atom stereocenters. The first kappa shape index (κ1) is 21.1. The van der Waals surface area contributed by atoms with Gasteiger partial charge in [0.25, 0.3) is 0 Å². The zero-order chi connectivity index (χ0) is 23.4. The molecule has 0 bridgehead atoms. The number of ether oxygens (including phenoxy) is 1. The third-order valence-corrected chi connectivity index (χ3v) is 7.59. The molecule has 0 N–H and O–H groups in total. The SMILES string of the molecule is COc1cc2nc(-c3ccc(N4CCC4)nc3)cc(N3CC4CCN(C)C(=O)C4C3)c2cc1F. The summed E-state index contributed by atoms with van der Waals surface area (Å²) in [5.41, 5.74) is 3.24. The molecule has 8 heteroatoms. The van der Waals surface area contributed by atoms with E-state index in [9.17, 15) is 9.18 Å². The van der Waals surface area contributed by atoms with Crippen LogP contribution in [0.1, 0.15) is 12.8 Å². The lowest BCUT2D eigenvalue weighted by atomic mass is 9.88. The van der Waals surface area contributed by atoms with Crippen molar-refractivity contribution >= 4 is 28.3 Å². The van der Waals surface area contributed by atoms with E-state index in [1.165, 1.54) is 19.6 Å². The van der Waals surface area contributed by atoms with Crippen LogP contribution in [0, 0.1) is 17.7 Å². The van der Waals surface area contributed by atoms with Crippen LogP contribution in [-0.2, 0) is 4.79 Å². The number of likely N-dealkylation sites (tertiary alicyclic amines) is 1. The molecule has 2 atom stereocenters. The molecule has 6 rings (SSSR count). The molecule has 3 fully saturated rings. The lowest BCUT2D eigenvalue weighted by Crippen LogP contribution is -2.42. The molecular formula is C26H28FN5O2. The van der Waals surface area contributed by atoms with E-state index >= 15 is 0 Å². The Labute approximate surface area is 198 Å². The number of fused-ring (bicyclic) bond motifs is 2. The Kier molecular flexibility index (Phi) is 5.04. The number of benzene rings is 1. The van der Waals surface area contributed by atoms with E-state index in [4.69, 9.17) is 9.72 Å². The summed E-state index contributed by atoms with van der Waals surface area (Å²) in [5.74, 6) is 1.23. The fourth-order valence-electron chi connectivity index (χ4n) is 5.44. The minimum absolute atomic E-state index is 0.0222. The van der Waals surface area contributed by atoms with Crippen molar-refractivity contribution in [2.75, 3.05) is 56.7 Å². The molecule has 0 aliphatic carbocycles. The number of amides is 1. The van der Waals surface area contributed by atoms with Crippen LogP contribution in [0.4, 0.5) is 15.9 Å². The van der Waals surface area contributed by atoms with Gasteiger partial charge in [0, 0.05) is 68.7 Å². The Morgan fingerprint density at radius 3 is 2.65 bits per heavy atom. The average molecular weight is 462 g/mol. The first-order valence-corrected chi connectivity index (χ1v) is 11.9. The third kappa shape index (κ3) is 3.43. The molecule has 3 aliphatic heterocycles. The Morgan fingerprint density at radius 1 is 1.09 bits per heavy atom. The van der Waals surface area contributed by atoms with Crippen molar-refractivity contribution in [3.63, 3.8) is 0 Å². The van der Waals surface area contributed by atoms with E-state index in [1.54, 1.807) is 6.07 Å². The molecule has 1 amide bonds. The number of rotatable bonds is 4. The zero-order valence-electron chi connectivity index (χ0n) is 19.5. The van der Waals surface area contributed by atoms with Crippen molar-refractivity contribution < 1.29 is 13.9 Å². The monoisotopic (exact) mass is 461 g/mol. The van der Waals surface area contributed by atoms with Crippen LogP contribution in [0.2, 0.25) is 0 Å². The molecule has 7 nitrogen and oxygen atoms in total. The molecule has 2 aromatic heterocycles. The summed E-state index contributed by atoms with van der Waals surface area (Å²) in [6, 6.07) is 9.24. The Morgan fingerprint density at radius 2 is 1.94 bits per heavy atom. The van der Waals surface area contributed by atoms with Gasteiger partial charge < -0.3 is 19.4 Å². The van der Waals surface area contributed by atoms with Crippen LogP contribution >= 0.6 is 0 Å². The number of halogens is 1. The van der Waals surface area contributed by atoms with Crippen molar-refractivity contribution in [2.24, 2.45) is 11.8 Å². The predicted molar refractivity (Wildman–Crippen MR) is 130 cm³/mol. The molecule has 0 radical (unpaired) electrons. The van der Waals surface area contributed by atoms with Gasteiger partial charge in [-0.05, 0) is 43.0 Å². The van der Waals surface area contributed by atoms with Crippen molar-refractivity contribution in [1.82, 2.24) is 14.9 Å². The van der Waals surface area contributed by atoms with Crippen LogP contribution in [0.15, 0.2) is 36.5 Å². The number of hydrogen-bond acceptors (Lipinski definition) is 6. The third-order valence-electron chi connectivity index (χ3n) is 7.59. The minimum atomic E-state index is -0.418. The van der Waals surface area contributed by atoms with E-state index in [0.717, 1.165) is 60.7 Å². The van der Waals surface area contributed by atoms with Gasteiger partial charge in [-0.25, -0.2) is 14.4 Å². The van der Waals surface area contributed by atoms with E-state index in [-0.39, 0.29) is 17.6 Å². The predicted octanol–water partition coefficient (Wildman–Crippen LogP) is 3.57. The highest BCUT2D eigenvalue weighted by molar-refractivity contribution is 5.96. The van der Waals surface area contributed by atoms with Gasteiger partial charge in [0.2, 0.25) is 5.91 Å². The molecule has 176 valence electrons. The summed E-state index contributed by atoms with van der Waals surface area (Å²) in [4.78, 5) is 28.6. The van der Waals surface area contributed by atoms with Gasteiger partial charge in [-0.2, -0.15) is 0 Å². The van der Waals surface area contributed by atoms with E-state index in [1.807, 2.05) is 36.3 Å². The minimum Gasteiger partial charge on any atom is -0.494 e. The van der Waals surface area contributed by atoms with Crippen molar-refractivity contribution in [3.05, 3.63) is 42.3 Å². The van der Waals surface area contributed by atoms with Gasteiger partial charge in [-0.1, -0.05) is 0 Å². The Hall–Kier alpha value is -3.42. The topological polar surface area (TPSA) is 61.8 Å². The van der Waals surface area contributed by atoms with Crippen LogP contribution < -0.4 is 14.5 Å². The average Bonchev–Trinajstić information content (AvgIpc) is 3.25. The lowest BCUT2D eigenvalue weighted by molar-refractivity contribution is -0.137. The second kappa shape index (κ2) is 8.11. The molecule has 1 aromatic carbocycles. The van der Waals surface area contributed by atoms with E-state index < -0.39 is 5.82 Å². The summed E-state index contributed by atoms with van der Waals surface area (Å²) in [7, 11) is 3.33. The van der Waals surface area contributed by atoms with Gasteiger partial charge in [-0.15, -0.1) is 0 Å². The summed E-state index contributed by atoms with van der Waals surface area (Å²) in [6.45, 7) is 4.29. The standard InChI is InChI=1S/C26H28FN5O2/c1-30-9-6-17-14-32(15-19(17)26(30)33)23-11-21(16-4-5-25(28-13-16)31-7-3-8-31)29-22-12-24(34-2)20(27)10-18(22)23/h4-5,10-13,17,19H,3,6-9,14-15H2,1-2H3. The fraction of sp³-hybridized carbons (Fsp3) is 0.423. The van der Waals surface area contributed by atoms with E-state index in [0.29, 0.717) is 18.0 Å². The number of aromatic nitrogens is 2. The van der Waals surface area contributed by atoms with Gasteiger partial charge >= 0.3 is 0 Å². The summed E-state index contributed by atoms with van der Waals surface area (Å²) in [5, 5.41) is 0.728. The van der Waals surface area contributed by atoms with Gasteiger partial charge in [0.15, 0.2) is 11.6 Å². The molecule has 5 heterocycles. The zero-order valence-corrected chi connectivity index (χ0v) is 19.5. The largest absolute Gasteiger partial charge is 0.494 e. The number of carbonyl (C=O) groups excluding carboxylic acids is 1. The number of nitrogens with zero attached hydrogens (tertiary/aromatic N) is 5. The number of pyridine rings is 2. The molecule has 3 saturated heterocycles. The number of methoxy groups -OCH3 is 1. The highest BCUT2D eigenvalue weighted by Crippen LogP contribution is 2.40. The smallest absolute Gasteiger partial charge is 0.227 e. The summed E-state index contributed by atoms with van der Waals surface area (Å²) >= 11 is 0. The Bertz CT molecular complexity index is 1260. The lowest BCUT2D eigenvalue weighted by Gasteiger charge is -2.31. The molecule has 3 aromatic rings. The molecule has 34 heavy (non-hydrogen) atoms. The quantitative estimate of drug-likeness (QED) is 0.592. The normalized spacial score (nSPS) is 22.2. The maximum absolute atomic E-state index is 14.7. The first-order valence-electron chi connectivity index (χ1n) is 11.9. The number of hydrogen-bond donors (Lipinski definition) is 0. The van der Waals surface area contributed by atoms with Crippen LogP contribution in [0.3, 0.4) is 0 Å². The maximum Gasteiger partial charge on any atom is 0.227 e. The van der Waals surface area contributed by atoms with Crippen LogP contribution in [-0.4, -0.2) is 67.7 Å². The number of piperidine rings is 1. The molecule has 3 aliphatic rings. The number of carbonyl (C=O) groups is 1. The first-order chi connectivity index (χ1) is 16.5.